The van der Waals surface area contributed by atoms with Crippen LogP contribution in [-0.4, -0.2) is 23.6 Å². The molecule has 0 spiro atoms. The van der Waals surface area contributed by atoms with Gasteiger partial charge in [-0.3, -0.25) is 14.6 Å². The Bertz CT molecular complexity index is 973. The van der Waals surface area contributed by atoms with E-state index in [1.807, 2.05) is 13.0 Å². The van der Waals surface area contributed by atoms with Crippen LogP contribution in [0.25, 0.3) is 0 Å². The highest BCUT2D eigenvalue weighted by Gasteiger charge is 2.46. The zero-order chi connectivity index (χ0) is 22.3. The van der Waals surface area contributed by atoms with Crippen molar-refractivity contribution in [2.45, 2.75) is 77.7 Å². The average molecular weight is 462 g/mol. The zero-order valence-corrected chi connectivity index (χ0v) is 19.9. The summed E-state index contributed by atoms with van der Waals surface area (Å²) in [5.74, 6) is -1.34. The van der Waals surface area contributed by atoms with E-state index >= 15 is 0 Å². The first-order valence-electron chi connectivity index (χ1n) is 11.1. The molecule has 1 unspecified atom stereocenters. The SMILES string of the molecule is CC1=NC2=C(C(=O)CC(C)(C)C2)[C@H](c2ccc(Cl)c(Cl)c2)C1C(=O)OC1CCCCC1. The smallest absolute Gasteiger partial charge is 0.315 e. The maximum absolute atomic E-state index is 13.4. The molecule has 0 bridgehead atoms. The first-order valence-corrected chi connectivity index (χ1v) is 11.9. The van der Waals surface area contributed by atoms with Gasteiger partial charge in [-0.2, -0.15) is 0 Å². The Hall–Kier alpha value is -1.65. The van der Waals surface area contributed by atoms with Crippen LogP contribution >= 0.6 is 23.2 Å². The van der Waals surface area contributed by atoms with E-state index in [1.54, 1.807) is 12.1 Å². The summed E-state index contributed by atoms with van der Waals surface area (Å²) in [6, 6.07) is 5.35. The number of ether oxygens (including phenoxy) is 1. The molecule has 1 aliphatic heterocycles. The van der Waals surface area contributed by atoms with E-state index in [4.69, 9.17) is 32.9 Å². The molecule has 2 atom stereocenters. The van der Waals surface area contributed by atoms with E-state index in [9.17, 15) is 9.59 Å². The van der Waals surface area contributed by atoms with Crippen molar-refractivity contribution in [3.05, 3.63) is 45.1 Å². The number of benzene rings is 1. The zero-order valence-electron chi connectivity index (χ0n) is 18.3. The van der Waals surface area contributed by atoms with Gasteiger partial charge in [-0.1, -0.05) is 49.5 Å². The van der Waals surface area contributed by atoms with Gasteiger partial charge in [-0.05, 0) is 62.1 Å². The minimum absolute atomic E-state index is 0.0500. The second kappa shape index (κ2) is 8.71. The van der Waals surface area contributed by atoms with E-state index in [1.165, 1.54) is 6.42 Å². The highest BCUT2D eigenvalue weighted by Crippen LogP contribution is 2.48. The monoisotopic (exact) mass is 461 g/mol. The van der Waals surface area contributed by atoms with Crippen LogP contribution in [0.5, 0.6) is 0 Å². The molecule has 6 heteroatoms. The minimum atomic E-state index is -0.636. The third-order valence-corrected chi connectivity index (χ3v) is 7.43. The average Bonchev–Trinajstić information content (AvgIpc) is 2.68. The molecule has 1 aromatic carbocycles. The fraction of sp³-hybridized carbons (Fsp3) is 0.560. The second-order valence-corrected chi connectivity index (χ2v) is 10.7. The van der Waals surface area contributed by atoms with Crippen molar-refractivity contribution in [2.24, 2.45) is 16.3 Å². The van der Waals surface area contributed by atoms with Gasteiger partial charge in [-0.15, -0.1) is 0 Å². The molecule has 0 radical (unpaired) electrons. The van der Waals surface area contributed by atoms with Crippen LogP contribution in [0, 0.1) is 11.3 Å². The first kappa shape index (κ1) is 22.5. The van der Waals surface area contributed by atoms with Gasteiger partial charge in [0.25, 0.3) is 0 Å². The highest BCUT2D eigenvalue weighted by molar-refractivity contribution is 6.42. The predicted molar refractivity (Wildman–Crippen MR) is 124 cm³/mol. The molecular formula is C25H29Cl2NO3. The number of hydrogen-bond acceptors (Lipinski definition) is 4. The molecule has 4 rings (SSSR count). The van der Waals surface area contributed by atoms with Crippen molar-refractivity contribution in [1.29, 1.82) is 0 Å². The number of aliphatic imine (C=N–C) groups is 1. The molecule has 0 aromatic heterocycles. The summed E-state index contributed by atoms with van der Waals surface area (Å²) in [5, 5.41) is 0.850. The summed E-state index contributed by atoms with van der Waals surface area (Å²) in [5.41, 5.74) is 2.76. The van der Waals surface area contributed by atoms with Crippen molar-refractivity contribution >= 4 is 40.7 Å². The van der Waals surface area contributed by atoms with Gasteiger partial charge < -0.3 is 4.74 Å². The van der Waals surface area contributed by atoms with Crippen molar-refractivity contribution in [1.82, 2.24) is 0 Å². The van der Waals surface area contributed by atoms with Crippen LogP contribution in [0.15, 0.2) is 34.5 Å². The molecule has 166 valence electrons. The number of carbonyl (C=O) groups excluding carboxylic acids is 2. The van der Waals surface area contributed by atoms with Gasteiger partial charge in [0.15, 0.2) is 5.78 Å². The van der Waals surface area contributed by atoms with Crippen molar-refractivity contribution in [3.63, 3.8) is 0 Å². The Morgan fingerprint density at radius 1 is 1.10 bits per heavy atom. The third-order valence-electron chi connectivity index (χ3n) is 6.69. The Morgan fingerprint density at radius 2 is 1.81 bits per heavy atom. The van der Waals surface area contributed by atoms with Gasteiger partial charge >= 0.3 is 5.97 Å². The number of esters is 1. The van der Waals surface area contributed by atoms with Crippen molar-refractivity contribution in [2.75, 3.05) is 0 Å². The number of halogens is 2. The maximum atomic E-state index is 13.4. The van der Waals surface area contributed by atoms with E-state index in [-0.39, 0.29) is 23.3 Å². The maximum Gasteiger partial charge on any atom is 0.315 e. The largest absolute Gasteiger partial charge is 0.462 e. The molecule has 0 saturated heterocycles. The lowest BCUT2D eigenvalue weighted by atomic mass is 9.67. The summed E-state index contributed by atoms with van der Waals surface area (Å²) in [7, 11) is 0. The number of allylic oxidation sites excluding steroid dienone is 2. The Morgan fingerprint density at radius 3 is 2.48 bits per heavy atom. The van der Waals surface area contributed by atoms with Crippen LogP contribution in [-0.2, 0) is 14.3 Å². The molecule has 0 amide bonds. The number of carbonyl (C=O) groups is 2. The normalized spacial score (nSPS) is 26.4. The number of Topliss-reactive ketones (excluding diaryl/α,β-unsaturated/α-hetero) is 1. The molecule has 4 nitrogen and oxygen atoms in total. The van der Waals surface area contributed by atoms with E-state index < -0.39 is 11.8 Å². The summed E-state index contributed by atoms with van der Waals surface area (Å²) in [4.78, 5) is 31.5. The van der Waals surface area contributed by atoms with Crippen LogP contribution in [0.1, 0.15) is 77.2 Å². The number of ketones is 1. The molecule has 1 heterocycles. The molecule has 0 N–H and O–H groups in total. The molecule has 1 saturated carbocycles. The van der Waals surface area contributed by atoms with E-state index in [2.05, 4.69) is 13.8 Å². The predicted octanol–water partition coefficient (Wildman–Crippen LogP) is 6.69. The third kappa shape index (κ3) is 4.61. The highest BCUT2D eigenvalue weighted by atomic mass is 35.5. The minimum Gasteiger partial charge on any atom is -0.462 e. The van der Waals surface area contributed by atoms with Gasteiger partial charge in [0, 0.05) is 29.3 Å². The van der Waals surface area contributed by atoms with E-state index in [0.717, 1.165) is 36.9 Å². The van der Waals surface area contributed by atoms with Crippen molar-refractivity contribution in [3.8, 4) is 0 Å². The number of hydrogen-bond donors (Lipinski definition) is 0. The lowest BCUT2D eigenvalue weighted by Crippen LogP contribution is -2.40. The molecule has 1 fully saturated rings. The molecule has 31 heavy (non-hydrogen) atoms. The van der Waals surface area contributed by atoms with Gasteiger partial charge in [0.2, 0.25) is 0 Å². The first-order chi connectivity index (χ1) is 14.7. The van der Waals surface area contributed by atoms with E-state index in [0.29, 0.717) is 34.2 Å². The number of nitrogens with zero attached hydrogens (tertiary/aromatic N) is 1. The molecule has 3 aliphatic rings. The topological polar surface area (TPSA) is 55.7 Å². The van der Waals surface area contributed by atoms with Gasteiger partial charge in [-0.25, -0.2) is 0 Å². The van der Waals surface area contributed by atoms with Gasteiger partial charge in [0.05, 0.1) is 10.0 Å². The van der Waals surface area contributed by atoms with Crippen LogP contribution in [0.2, 0.25) is 10.0 Å². The Balaban J connectivity index is 1.77. The molecular weight excluding hydrogens is 433 g/mol. The summed E-state index contributed by atoms with van der Waals surface area (Å²) >= 11 is 12.5. The summed E-state index contributed by atoms with van der Waals surface area (Å²) < 4.78 is 5.95. The standard InChI is InChI=1S/C25H29Cl2NO3/c1-14-21(24(30)31-16-7-5-4-6-8-16)22(15-9-10-17(26)18(27)11-15)23-19(28-14)12-25(2,3)13-20(23)29/h9-11,16,21-22H,4-8,12-13H2,1-3H3/t21?,22-/m1/s1. The van der Waals surface area contributed by atoms with Gasteiger partial charge in [0.1, 0.15) is 12.0 Å². The molecule has 2 aliphatic carbocycles. The number of rotatable bonds is 3. The fourth-order valence-corrected chi connectivity index (χ4v) is 5.54. The lowest BCUT2D eigenvalue weighted by Gasteiger charge is -2.39. The Labute approximate surface area is 194 Å². The fourth-order valence-electron chi connectivity index (χ4n) is 5.24. The quantitative estimate of drug-likeness (QED) is 0.471. The molecule has 1 aromatic rings. The van der Waals surface area contributed by atoms with Crippen LogP contribution < -0.4 is 0 Å². The van der Waals surface area contributed by atoms with Crippen LogP contribution in [0.4, 0.5) is 0 Å². The summed E-state index contributed by atoms with van der Waals surface area (Å²) in [6.07, 6.45) is 6.21. The van der Waals surface area contributed by atoms with Crippen LogP contribution in [0.3, 0.4) is 0 Å². The summed E-state index contributed by atoms with van der Waals surface area (Å²) in [6.45, 7) is 6.03. The second-order valence-electron chi connectivity index (χ2n) is 9.88. The Kier molecular flexibility index (Phi) is 6.33. The van der Waals surface area contributed by atoms with Crippen molar-refractivity contribution < 1.29 is 14.3 Å². The lowest BCUT2D eigenvalue weighted by molar-refractivity contribution is -0.153.